The highest BCUT2D eigenvalue weighted by atomic mass is 32.2. The second-order valence-electron chi connectivity index (χ2n) is 4.45. The lowest BCUT2D eigenvalue weighted by atomic mass is 10.1. The molecule has 0 aliphatic carbocycles. The van der Waals surface area contributed by atoms with E-state index in [2.05, 4.69) is 17.2 Å². The summed E-state index contributed by atoms with van der Waals surface area (Å²) in [6, 6.07) is 7.49. The standard InChI is InChI=1S/C15H16N2O3S2/c1-2-21-8-10-3-5-11(6-4-10)14(18)16-7-13-17-12(9-22-13)15(19)20/h3-6,9H,2,7-8H2,1H3,(H,16,18)(H,19,20). The highest BCUT2D eigenvalue weighted by Crippen LogP contribution is 2.13. The number of thiazole rings is 1. The number of hydrogen-bond acceptors (Lipinski definition) is 5. The van der Waals surface area contributed by atoms with Crippen molar-refractivity contribution < 1.29 is 14.7 Å². The van der Waals surface area contributed by atoms with Crippen LogP contribution in [0.25, 0.3) is 0 Å². The van der Waals surface area contributed by atoms with E-state index in [1.54, 1.807) is 12.1 Å². The molecule has 1 amide bonds. The predicted molar refractivity (Wildman–Crippen MR) is 88.5 cm³/mol. The second-order valence-corrected chi connectivity index (χ2v) is 6.67. The van der Waals surface area contributed by atoms with Crippen molar-refractivity contribution in [2.75, 3.05) is 5.75 Å². The van der Waals surface area contributed by atoms with Crippen LogP contribution in [0.5, 0.6) is 0 Å². The van der Waals surface area contributed by atoms with Crippen molar-refractivity contribution in [2.24, 2.45) is 0 Å². The highest BCUT2D eigenvalue weighted by molar-refractivity contribution is 7.98. The van der Waals surface area contributed by atoms with Crippen molar-refractivity contribution >= 4 is 35.0 Å². The molecule has 1 aromatic heterocycles. The summed E-state index contributed by atoms with van der Waals surface area (Å²) >= 11 is 3.05. The number of nitrogens with one attached hydrogen (secondary N) is 1. The molecule has 0 atom stereocenters. The Hall–Kier alpha value is -1.86. The van der Waals surface area contributed by atoms with E-state index < -0.39 is 5.97 Å². The first-order valence-corrected chi connectivity index (χ1v) is 8.76. The Bertz CT molecular complexity index is 653. The molecule has 0 saturated carbocycles. The molecular weight excluding hydrogens is 320 g/mol. The molecule has 0 aliphatic rings. The molecule has 116 valence electrons. The average molecular weight is 336 g/mol. The second kappa shape index (κ2) is 7.95. The number of aromatic carboxylic acids is 1. The summed E-state index contributed by atoms with van der Waals surface area (Å²) in [4.78, 5) is 26.7. The summed E-state index contributed by atoms with van der Waals surface area (Å²) in [6.07, 6.45) is 0. The molecule has 2 aromatic rings. The van der Waals surface area contributed by atoms with Gasteiger partial charge < -0.3 is 10.4 Å². The van der Waals surface area contributed by atoms with Gasteiger partial charge in [0.2, 0.25) is 0 Å². The van der Waals surface area contributed by atoms with Gasteiger partial charge in [0, 0.05) is 16.7 Å². The maximum Gasteiger partial charge on any atom is 0.355 e. The number of carbonyl (C=O) groups excluding carboxylic acids is 1. The molecule has 0 fully saturated rings. The highest BCUT2D eigenvalue weighted by Gasteiger charge is 2.10. The summed E-state index contributed by atoms with van der Waals surface area (Å²) in [5.74, 6) is 0.750. The first kappa shape index (κ1) is 16.5. The van der Waals surface area contributed by atoms with Crippen molar-refractivity contribution in [3.8, 4) is 0 Å². The van der Waals surface area contributed by atoms with Crippen LogP contribution in [-0.2, 0) is 12.3 Å². The van der Waals surface area contributed by atoms with E-state index in [-0.39, 0.29) is 18.1 Å². The van der Waals surface area contributed by atoms with Crippen molar-refractivity contribution in [3.63, 3.8) is 0 Å². The third-order valence-corrected chi connectivity index (χ3v) is 4.65. The molecule has 0 radical (unpaired) electrons. The fourth-order valence-electron chi connectivity index (χ4n) is 1.72. The molecule has 2 rings (SSSR count). The van der Waals surface area contributed by atoms with Crippen LogP contribution < -0.4 is 5.32 Å². The molecular formula is C15H16N2O3S2. The van der Waals surface area contributed by atoms with Crippen LogP contribution >= 0.6 is 23.1 Å². The van der Waals surface area contributed by atoms with Gasteiger partial charge in [-0.2, -0.15) is 11.8 Å². The van der Waals surface area contributed by atoms with Crippen molar-refractivity contribution in [3.05, 3.63) is 51.5 Å². The van der Waals surface area contributed by atoms with Gasteiger partial charge in [-0.25, -0.2) is 9.78 Å². The number of carboxylic acids is 1. The normalized spacial score (nSPS) is 10.4. The molecule has 1 heterocycles. The molecule has 7 heteroatoms. The molecule has 1 aromatic carbocycles. The van der Waals surface area contributed by atoms with Gasteiger partial charge in [-0.3, -0.25) is 4.79 Å². The van der Waals surface area contributed by atoms with Crippen LogP contribution in [0, 0.1) is 0 Å². The number of nitrogens with zero attached hydrogens (tertiary/aromatic N) is 1. The van der Waals surface area contributed by atoms with E-state index in [4.69, 9.17) is 5.11 Å². The number of rotatable bonds is 7. The van der Waals surface area contributed by atoms with Gasteiger partial charge in [-0.1, -0.05) is 19.1 Å². The van der Waals surface area contributed by atoms with Crippen LogP contribution in [0.2, 0.25) is 0 Å². The van der Waals surface area contributed by atoms with E-state index >= 15 is 0 Å². The molecule has 0 saturated heterocycles. The lowest BCUT2D eigenvalue weighted by Crippen LogP contribution is -2.22. The minimum absolute atomic E-state index is 0.00651. The van der Waals surface area contributed by atoms with Gasteiger partial charge in [0.25, 0.3) is 5.91 Å². The average Bonchev–Trinajstić information content (AvgIpc) is 3.00. The predicted octanol–water partition coefficient (Wildman–Crippen LogP) is 3.02. The number of aromatic nitrogens is 1. The third kappa shape index (κ3) is 4.57. The van der Waals surface area contributed by atoms with Crippen LogP contribution in [0.4, 0.5) is 0 Å². The van der Waals surface area contributed by atoms with E-state index in [9.17, 15) is 9.59 Å². The fraction of sp³-hybridized carbons (Fsp3) is 0.267. The van der Waals surface area contributed by atoms with Crippen LogP contribution in [-0.4, -0.2) is 27.7 Å². The Morgan fingerprint density at radius 2 is 2.05 bits per heavy atom. The van der Waals surface area contributed by atoms with E-state index in [0.717, 1.165) is 11.5 Å². The summed E-state index contributed by atoms with van der Waals surface area (Å²) in [5.41, 5.74) is 1.78. The number of hydrogen-bond donors (Lipinski definition) is 2. The number of benzene rings is 1. The molecule has 5 nitrogen and oxygen atoms in total. The Kier molecular flexibility index (Phi) is 5.97. The van der Waals surface area contributed by atoms with Gasteiger partial charge in [0.15, 0.2) is 5.69 Å². The summed E-state index contributed by atoms with van der Waals surface area (Å²) in [5, 5.41) is 13.6. The number of thioether (sulfide) groups is 1. The van der Waals surface area contributed by atoms with E-state index in [1.807, 2.05) is 23.9 Å². The lowest BCUT2D eigenvalue weighted by Gasteiger charge is -2.05. The molecule has 0 aliphatic heterocycles. The van der Waals surface area contributed by atoms with Crippen molar-refractivity contribution in [1.29, 1.82) is 0 Å². The smallest absolute Gasteiger partial charge is 0.355 e. The van der Waals surface area contributed by atoms with Gasteiger partial charge in [0.05, 0.1) is 6.54 Å². The van der Waals surface area contributed by atoms with Gasteiger partial charge in [0.1, 0.15) is 5.01 Å². The minimum atomic E-state index is -1.06. The SMILES string of the molecule is CCSCc1ccc(C(=O)NCc2nc(C(=O)O)cs2)cc1. The quantitative estimate of drug-likeness (QED) is 0.812. The summed E-state index contributed by atoms with van der Waals surface area (Å²) < 4.78 is 0. The van der Waals surface area contributed by atoms with Gasteiger partial charge >= 0.3 is 5.97 Å². The van der Waals surface area contributed by atoms with Crippen LogP contribution in [0.3, 0.4) is 0 Å². The first-order valence-electron chi connectivity index (χ1n) is 6.72. The number of amides is 1. The van der Waals surface area contributed by atoms with Crippen molar-refractivity contribution in [2.45, 2.75) is 19.2 Å². The van der Waals surface area contributed by atoms with Gasteiger partial charge in [-0.15, -0.1) is 11.3 Å². The molecule has 22 heavy (non-hydrogen) atoms. The topological polar surface area (TPSA) is 79.3 Å². The maximum absolute atomic E-state index is 12.0. The Morgan fingerprint density at radius 3 is 2.64 bits per heavy atom. The Balaban J connectivity index is 1.89. The molecule has 0 bridgehead atoms. The van der Waals surface area contributed by atoms with Gasteiger partial charge in [-0.05, 0) is 23.4 Å². The summed E-state index contributed by atoms with van der Waals surface area (Å²) in [7, 11) is 0. The van der Waals surface area contributed by atoms with E-state index in [0.29, 0.717) is 10.6 Å². The monoisotopic (exact) mass is 336 g/mol. The van der Waals surface area contributed by atoms with Crippen LogP contribution in [0.15, 0.2) is 29.6 Å². The summed E-state index contributed by atoms with van der Waals surface area (Å²) in [6.45, 7) is 2.34. The van der Waals surface area contributed by atoms with Crippen molar-refractivity contribution in [1.82, 2.24) is 10.3 Å². The first-order chi connectivity index (χ1) is 10.6. The minimum Gasteiger partial charge on any atom is -0.476 e. The zero-order chi connectivity index (χ0) is 15.9. The Morgan fingerprint density at radius 1 is 1.32 bits per heavy atom. The zero-order valence-electron chi connectivity index (χ0n) is 12.0. The molecule has 2 N–H and O–H groups in total. The third-order valence-electron chi connectivity index (χ3n) is 2.86. The lowest BCUT2D eigenvalue weighted by molar-refractivity contribution is 0.0691. The number of carbonyl (C=O) groups is 2. The molecule has 0 unspecified atom stereocenters. The zero-order valence-corrected chi connectivity index (χ0v) is 13.7. The van der Waals surface area contributed by atoms with E-state index in [1.165, 1.54) is 22.3 Å². The Labute approximate surface area is 136 Å². The number of carboxylic acid groups (broad SMARTS) is 1. The molecule has 0 spiro atoms. The largest absolute Gasteiger partial charge is 0.476 e. The fourth-order valence-corrected chi connectivity index (χ4v) is 3.06. The van der Waals surface area contributed by atoms with Crippen LogP contribution in [0.1, 0.15) is 38.3 Å². The maximum atomic E-state index is 12.0.